The van der Waals surface area contributed by atoms with E-state index in [1.165, 1.54) is 38.6 Å². The maximum absolute atomic E-state index is 4.29. The number of hydrogen-bond acceptors (Lipinski definition) is 3. The standard InChI is InChI=1S/C14H26N4/c1-3-18-11-14(10-16-18)17-12(2)9-13-7-5-4-6-8-15-13/h10-13,15,17H,3-9H2,1-2H3. The number of rotatable bonds is 5. The van der Waals surface area contributed by atoms with Crippen molar-refractivity contribution in [2.75, 3.05) is 11.9 Å². The molecule has 0 amide bonds. The van der Waals surface area contributed by atoms with Crippen molar-refractivity contribution in [2.45, 2.75) is 64.6 Å². The summed E-state index contributed by atoms with van der Waals surface area (Å²) in [4.78, 5) is 0. The molecule has 2 N–H and O–H groups in total. The number of nitrogens with one attached hydrogen (secondary N) is 2. The van der Waals surface area contributed by atoms with Crippen molar-refractivity contribution in [1.82, 2.24) is 15.1 Å². The van der Waals surface area contributed by atoms with Crippen LogP contribution in [0.1, 0.15) is 46.0 Å². The van der Waals surface area contributed by atoms with Crippen LogP contribution in [0.2, 0.25) is 0 Å². The number of hydrogen-bond donors (Lipinski definition) is 2. The molecular weight excluding hydrogens is 224 g/mol. The average Bonchev–Trinajstić information content (AvgIpc) is 2.65. The minimum absolute atomic E-state index is 0.495. The van der Waals surface area contributed by atoms with E-state index in [2.05, 4.69) is 35.8 Å². The van der Waals surface area contributed by atoms with Crippen molar-refractivity contribution < 1.29 is 0 Å². The molecule has 1 saturated heterocycles. The summed E-state index contributed by atoms with van der Waals surface area (Å²) in [5.41, 5.74) is 1.14. The van der Waals surface area contributed by atoms with Gasteiger partial charge in [-0.3, -0.25) is 4.68 Å². The molecule has 1 aliphatic rings. The molecule has 0 aromatic carbocycles. The summed E-state index contributed by atoms with van der Waals surface area (Å²) in [6.07, 6.45) is 10.6. The van der Waals surface area contributed by atoms with Gasteiger partial charge in [-0.1, -0.05) is 12.8 Å². The van der Waals surface area contributed by atoms with Crippen LogP contribution in [0.25, 0.3) is 0 Å². The number of aryl methyl sites for hydroxylation is 1. The summed E-state index contributed by atoms with van der Waals surface area (Å²) in [7, 11) is 0. The lowest BCUT2D eigenvalue weighted by molar-refractivity contribution is 0.456. The monoisotopic (exact) mass is 250 g/mol. The van der Waals surface area contributed by atoms with Crippen LogP contribution in [0.3, 0.4) is 0 Å². The quantitative estimate of drug-likeness (QED) is 0.844. The fourth-order valence-corrected chi connectivity index (χ4v) is 2.68. The normalized spacial score (nSPS) is 22.4. The molecule has 0 spiro atoms. The highest BCUT2D eigenvalue weighted by atomic mass is 15.3. The third-order valence-electron chi connectivity index (χ3n) is 3.67. The first-order valence-corrected chi connectivity index (χ1v) is 7.30. The van der Waals surface area contributed by atoms with Crippen LogP contribution in [0.5, 0.6) is 0 Å². The Hall–Kier alpha value is -1.03. The van der Waals surface area contributed by atoms with Gasteiger partial charge in [-0.15, -0.1) is 0 Å². The Balaban J connectivity index is 1.78. The summed E-state index contributed by atoms with van der Waals surface area (Å²) < 4.78 is 1.96. The van der Waals surface area contributed by atoms with Gasteiger partial charge in [-0.25, -0.2) is 0 Å². The van der Waals surface area contributed by atoms with Crippen molar-refractivity contribution in [3.63, 3.8) is 0 Å². The Morgan fingerprint density at radius 3 is 3.17 bits per heavy atom. The second-order valence-corrected chi connectivity index (χ2v) is 5.37. The first-order chi connectivity index (χ1) is 8.78. The minimum Gasteiger partial charge on any atom is -0.380 e. The van der Waals surface area contributed by atoms with Gasteiger partial charge in [0.05, 0.1) is 11.9 Å². The van der Waals surface area contributed by atoms with Crippen molar-refractivity contribution in [2.24, 2.45) is 0 Å². The first kappa shape index (κ1) is 13.4. The molecule has 0 bridgehead atoms. The van der Waals surface area contributed by atoms with Crippen LogP contribution < -0.4 is 10.6 Å². The minimum atomic E-state index is 0.495. The Labute approximate surface area is 110 Å². The summed E-state index contributed by atoms with van der Waals surface area (Å²) in [6.45, 7) is 6.48. The van der Waals surface area contributed by atoms with Gasteiger partial charge in [-0.05, 0) is 39.7 Å². The molecule has 2 rings (SSSR count). The van der Waals surface area contributed by atoms with Gasteiger partial charge >= 0.3 is 0 Å². The largest absolute Gasteiger partial charge is 0.380 e. The molecule has 0 radical (unpaired) electrons. The van der Waals surface area contributed by atoms with E-state index < -0.39 is 0 Å². The van der Waals surface area contributed by atoms with E-state index in [1.807, 2.05) is 10.9 Å². The van der Waals surface area contributed by atoms with E-state index in [0.717, 1.165) is 12.2 Å². The maximum atomic E-state index is 4.29. The molecule has 4 heteroatoms. The third-order valence-corrected chi connectivity index (χ3v) is 3.67. The molecule has 4 nitrogen and oxygen atoms in total. The van der Waals surface area contributed by atoms with Gasteiger partial charge in [0.2, 0.25) is 0 Å². The van der Waals surface area contributed by atoms with Gasteiger partial charge < -0.3 is 10.6 Å². The molecule has 2 atom stereocenters. The molecular formula is C14H26N4. The Morgan fingerprint density at radius 2 is 2.39 bits per heavy atom. The van der Waals surface area contributed by atoms with Crippen LogP contribution in [0.4, 0.5) is 5.69 Å². The van der Waals surface area contributed by atoms with Crippen LogP contribution in [0, 0.1) is 0 Å². The van der Waals surface area contributed by atoms with Crippen molar-refractivity contribution in [3.05, 3.63) is 12.4 Å². The fourth-order valence-electron chi connectivity index (χ4n) is 2.68. The fraction of sp³-hybridized carbons (Fsp3) is 0.786. The highest BCUT2D eigenvalue weighted by molar-refractivity contribution is 5.39. The highest BCUT2D eigenvalue weighted by Gasteiger charge is 2.15. The molecule has 1 fully saturated rings. The lowest BCUT2D eigenvalue weighted by Crippen LogP contribution is -2.33. The zero-order valence-electron chi connectivity index (χ0n) is 11.7. The number of nitrogens with zero attached hydrogens (tertiary/aromatic N) is 2. The summed E-state index contributed by atoms with van der Waals surface area (Å²) in [6, 6.07) is 1.17. The van der Waals surface area contributed by atoms with Crippen LogP contribution in [0.15, 0.2) is 12.4 Å². The van der Waals surface area contributed by atoms with E-state index in [1.54, 1.807) is 0 Å². The van der Waals surface area contributed by atoms with Crippen LogP contribution >= 0.6 is 0 Å². The van der Waals surface area contributed by atoms with E-state index in [-0.39, 0.29) is 0 Å². The predicted octanol–water partition coefficient (Wildman–Crippen LogP) is 2.63. The summed E-state index contributed by atoms with van der Waals surface area (Å²) in [5, 5.41) is 11.5. The SMILES string of the molecule is CCn1cc(NC(C)CC2CCCCCN2)cn1. The summed E-state index contributed by atoms with van der Waals surface area (Å²) in [5.74, 6) is 0. The predicted molar refractivity (Wildman–Crippen MR) is 75.9 cm³/mol. The topological polar surface area (TPSA) is 41.9 Å². The van der Waals surface area contributed by atoms with E-state index in [9.17, 15) is 0 Å². The Morgan fingerprint density at radius 1 is 1.50 bits per heavy atom. The van der Waals surface area contributed by atoms with Crippen molar-refractivity contribution >= 4 is 5.69 Å². The Kier molecular flexibility index (Phi) is 5.05. The smallest absolute Gasteiger partial charge is 0.0728 e. The zero-order chi connectivity index (χ0) is 12.8. The summed E-state index contributed by atoms with van der Waals surface area (Å²) >= 11 is 0. The van der Waals surface area contributed by atoms with Crippen LogP contribution in [-0.4, -0.2) is 28.4 Å². The van der Waals surface area contributed by atoms with Gasteiger partial charge in [0.15, 0.2) is 0 Å². The van der Waals surface area contributed by atoms with Crippen LogP contribution in [-0.2, 0) is 6.54 Å². The van der Waals surface area contributed by atoms with Gasteiger partial charge in [0, 0.05) is 24.8 Å². The molecule has 102 valence electrons. The maximum Gasteiger partial charge on any atom is 0.0728 e. The highest BCUT2D eigenvalue weighted by Crippen LogP contribution is 2.15. The van der Waals surface area contributed by atoms with Gasteiger partial charge in [0.25, 0.3) is 0 Å². The van der Waals surface area contributed by atoms with E-state index >= 15 is 0 Å². The molecule has 18 heavy (non-hydrogen) atoms. The number of anilines is 1. The molecule has 0 aliphatic carbocycles. The second-order valence-electron chi connectivity index (χ2n) is 5.37. The van der Waals surface area contributed by atoms with Gasteiger partial charge in [0.1, 0.15) is 0 Å². The lowest BCUT2D eigenvalue weighted by atomic mass is 10.0. The van der Waals surface area contributed by atoms with Crippen molar-refractivity contribution in [1.29, 1.82) is 0 Å². The van der Waals surface area contributed by atoms with E-state index in [4.69, 9.17) is 0 Å². The number of aromatic nitrogens is 2. The molecule has 1 aromatic heterocycles. The first-order valence-electron chi connectivity index (χ1n) is 7.30. The molecule has 2 unspecified atom stereocenters. The van der Waals surface area contributed by atoms with E-state index in [0.29, 0.717) is 12.1 Å². The van der Waals surface area contributed by atoms with Gasteiger partial charge in [-0.2, -0.15) is 5.10 Å². The molecule has 1 aliphatic heterocycles. The second kappa shape index (κ2) is 6.78. The molecule has 2 heterocycles. The molecule has 1 aromatic rings. The molecule has 0 saturated carbocycles. The third kappa shape index (κ3) is 4.02. The van der Waals surface area contributed by atoms with Crippen molar-refractivity contribution in [3.8, 4) is 0 Å². The lowest BCUT2D eigenvalue weighted by Gasteiger charge is -2.21. The average molecular weight is 250 g/mol. The zero-order valence-corrected chi connectivity index (χ0v) is 11.7. The Bertz CT molecular complexity index is 339.